The van der Waals surface area contributed by atoms with Gasteiger partial charge in [0.1, 0.15) is 0 Å². The van der Waals surface area contributed by atoms with Crippen molar-refractivity contribution in [2.24, 2.45) is 11.8 Å². The lowest BCUT2D eigenvalue weighted by molar-refractivity contribution is 0.00513. The number of ether oxygens (including phenoxy) is 1. The molecule has 0 saturated heterocycles. The fourth-order valence-corrected chi connectivity index (χ4v) is 4.66. The van der Waals surface area contributed by atoms with Crippen LogP contribution < -0.4 is 0 Å². The monoisotopic (exact) mass is 296 g/mol. The number of hydrogen-bond acceptors (Lipinski definition) is 4. The van der Waals surface area contributed by atoms with E-state index in [9.17, 15) is 8.42 Å². The minimum atomic E-state index is -3.67. The minimum absolute atomic E-state index is 0.145. The summed E-state index contributed by atoms with van der Waals surface area (Å²) >= 11 is 0. The van der Waals surface area contributed by atoms with E-state index in [-0.39, 0.29) is 23.0 Å². The molecule has 0 amide bonds. The van der Waals surface area contributed by atoms with Gasteiger partial charge in [-0.2, -0.15) is 8.42 Å². The molecule has 2 fully saturated rings. The van der Waals surface area contributed by atoms with Gasteiger partial charge in [0, 0.05) is 13.0 Å². The van der Waals surface area contributed by atoms with Crippen molar-refractivity contribution in [3.8, 4) is 0 Å². The zero-order valence-electron chi connectivity index (χ0n) is 11.8. The molecule has 2 saturated carbocycles. The highest BCUT2D eigenvalue weighted by Crippen LogP contribution is 2.48. The van der Waals surface area contributed by atoms with Gasteiger partial charge >= 0.3 is 0 Å². The Morgan fingerprint density at radius 3 is 2.30 bits per heavy atom. The summed E-state index contributed by atoms with van der Waals surface area (Å²) in [7, 11) is -1.98. The van der Waals surface area contributed by atoms with Gasteiger partial charge in [-0.25, -0.2) is 0 Å². The number of fused-ring (bicyclic) bond motifs is 2. The molecule has 1 aromatic carbocycles. The normalized spacial score (nSPS) is 32.7. The molecular formula is C15H20O4S. The summed E-state index contributed by atoms with van der Waals surface area (Å²) in [6.07, 6.45) is 2.80. The van der Waals surface area contributed by atoms with Crippen LogP contribution in [0.15, 0.2) is 29.2 Å². The SMILES string of the molecule is CO[C@@H]1C[C@@H]2C[C@H]1[C@@H](OS(=O)(=O)c1ccc(C)cc1)C2. The molecular weight excluding hydrogens is 276 g/mol. The van der Waals surface area contributed by atoms with Crippen LogP contribution in [-0.4, -0.2) is 27.7 Å². The highest BCUT2D eigenvalue weighted by molar-refractivity contribution is 7.86. The molecule has 0 aliphatic heterocycles. The molecule has 2 bridgehead atoms. The van der Waals surface area contributed by atoms with Crippen molar-refractivity contribution in [1.29, 1.82) is 0 Å². The van der Waals surface area contributed by atoms with Crippen molar-refractivity contribution in [1.82, 2.24) is 0 Å². The molecule has 110 valence electrons. The Labute approximate surface area is 120 Å². The third-order valence-corrected chi connectivity index (χ3v) is 5.90. The fraction of sp³-hybridized carbons (Fsp3) is 0.600. The third-order valence-electron chi connectivity index (χ3n) is 4.55. The van der Waals surface area contributed by atoms with Crippen molar-refractivity contribution in [2.45, 2.75) is 43.3 Å². The third kappa shape index (κ3) is 2.50. The maximum Gasteiger partial charge on any atom is 0.297 e. The Morgan fingerprint density at radius 1 is 1.05 bits per heavy atom. The number of benzene rings is 1. The first-order chi connectivity index (χ1) is 9.49. The van der Waals surface area contributed by atoms with Crippen molar-refractivity contribution >= 4 is 10.1 Å². The smallest absolute Gasteiger partial charge is 0.297 e. The van der Waals surface area contributed by atoms with Gasteiger partial charge in [-0.1, -0.05) is 17.7 Å². The zero-order valence-corrected chi connectivity index (χ0v) is 12.6. The van der Waals surface area contributed by atoms with Gasteiger partial charge in [0.25, 0.3) is 10.1 Å². The van der Waals surface area contributed by atoms with E-state index in [4.69, 9.17) is 8.92 Å². The first kappa shape index (κ1) is 14.0. The quantitative estimate of drug-likeness (QED) is 0.801. The van der Waals surface area contributed by atoms with Crippen LogP contribution in [0.2, 0.25) is 0 Å². The van der Waals surface area contributed by atoms with Gasteiger partial charge in [0.2, 0.25) is 0 Å². The molecule has 3 rings (SSSR count). The van der Waals surface area contributed by atoms with E-state index in [1.807, 2.05) is 6.92 Å². The number of aryl methyl sites for hydroxylation is 1. The summed E-state index contributed by atoms with van der Waals surface area (Å²) in [5.74, 6) is 0.758. The van der Waals surface area contributed by atoms with Gasteiger partial charge in [0.05, 0.1) is 17.1 Å². The molecule has 2 aliphatic rings. The van der Waals surface area contributed by atoms with Gasteiger partial charge in [0.15, 0.2) is 0 Å². The second-order valence-corrected chi connectivity index (χ2v) is 7.49. The Balaban J connectivity index is 1.76. The molecule has 0 aromatic heterocycles. The van der Waals surface area contributed by atoms with Crippen LogP contribution >= 0.6 is 0 Å². The van der Waals surface area contributed by atoms with Crippen molar-refractivity contribution in [3.05, 3.63) is 29.8 Å². The Kier molecular flexibility index (Phi) is 3.60. The molecule has 20 heavy (non-hydrogen) atoms. The highest BCUT2D eigenvalue weighted by Gasteiger charge is 2.48. The molecule has 5 heteroatoms. The second-order valence-electron chi connectivity index (χ2n) is 5.91. The molecule has 4 atom stereocenters. The van der Waals surface area contributed by atoms with E-state index in [0.717, 1.165) is 24.8 Å². The summed E-state index contributed by atoms with van der Waals surface area (Å²) in [4.78, 5) is 0.236. The van der Waals surface area contributed by atoms with E-state index < -0.39 is 10.1 Å². The number of hydrogen-bond donors (Lipinski definition) is 0. The Morgan fingerprint density at radius 2 is 1.70 bits per heavy atom. The van der Waals surface area contributed by atoms with Gasteiger partial charge in [-0.3, -0.25) is 4.18 Å². The minimum Gasteiger partial charge on any atom is -0.381 e. The maximum absolute atomic E-state index is 12.3. The summed E-state index contributed by atoms with van der Waals surface area (Å²) in [5.41, 5.74) is 1.03. The lowest BCUT2D eigenvalue weighted by atomic mass is 9.95. The molecule has 0 unspecified atom stereocenters. The lowest BCUT2D eigenvalue weighted by Gasteiger charge is -2.27. The van der Waals surface area contributed by atoms with E-state index in [1.54, 1.807) is 31.4 Å². The highest BCUT2D eigenvalue weighted by atomic mass is 32.2. The average molecular weight is 296 g/mol. The van der Waals surface area contributed by atoms with Crippen LogP contribution in [0.5, 0.6) is 0 Å². The Hall–Kier alpha value is -0.910. The van der Waals surface area contributed by atoms with Crippen LogP contribution in [0.4, 0.5) is 0 Å². The molecule has 0 N–H and O–H groups in total. The van der Waals surface area contributed by atoms with Crippen molar-refractivity contribution in [2.75, 3.05) is 7.11 Å². The second kappa shape index (κ2) is 5.13. The number of rotatable bonds is 4. The first-order valence-electron chi connectivity index (χ1n) is 7.02. The molecule has 2 aliphatic carbocycles. The summed E-state index contributed by atoms with van der Waals surface area (Å²) in [6, 6.07) is 6.78. The Bertz CT molecular complexity index is 578. The van der Waals surface area contributed by atoms with Crippen LogP contribution in [0.1, 0.15) is 24.8 Å². The topological polar surface area (TPSA) is 52.6 Å². The maximum atomic E-state index is 12.3. The first-order valence-corrected chi connectivity index (χ1v) is 8.43. The van der Waals surface area contributed by atoms with Crippen molar-refractivity contribution in [3.63, 3.8) is 0 Å². The predicted octanol–water partition coefficient (Wildman–Crippen LogP) is 2.51. The van der Waals surface area contributed by atoms with Crippen molar-refractivity contribution < 1.29 is 17.3 Å². The van der Waals surface area contributed by atoms with Crippen LogP contribution in [0.3, 0.4) is 0 Å². The lowest BCUT2D eigenvalue weighted by Crippen LogP contribution is -2.33. The van der Waals surface area contributed by atoms with Crippen LogP contribution in [-0.2, 0) is 19.0 Å². The summed E-state index contributed by atoms with van der Waals surface area (Å²) in [6.45, 7) is 1.93. The summed E-state index contributed by atoms with van der Waals surface area (Å²) in [5, 5.41) is 0. The van der Waals surface area contributed by atoms with Gasteiger partial charge in [-0.05, 0) is 44.2 Å². The van der Waals surface area contributed by atoms with E-state index in [0.29, 0.717) is 5.92 Å². The molecule has 0 spiro atoms. The molecule has 4 nitrogen and oxygen atoms in total. The fourth-order valence-electron chi connectivity index (χ4n) is 3.53. The molecule has 0 heterocycles. The molecule has 1 aromatic rings. The standard InChI is InChI=1S/C15H20O4S/c1-10-3-5-12(6-4-10)20(16,17)19-15-9-11-7-13(15)14(8-11)18-2/h3-6,11,13-15H,7-9H2,1-2H3/t11-,13+,14+,15-/m0/s1. The van der Waals surface area contributed by atoms with Crippen LogP contribution in [0, 0.1) is 18.8 Å². The van der Waals surface area contributed by atoms with Gasteiger partial charge in [-0.15, -0.1) is 0 Å². The van der Waals surface area contributed by atoms with E-state index in [2.05, 4.69) is 0 Å². The summed E-state index contributed by atoms with van der Waals surface area (Å²) < 4.78 is 35.5. The zero-order chi connectivity index (χ0) is 14.3. The largest absolute Gasteiger partial charge is 0.381 e. The van der Waals surface area contributed by atoms with Crippen LogP contribution in [0.25, 0.3) is 0 Å². The van der Waals surface area contributed by atoms with E-state index in [1.165, 1.54) is 0 Å². The predicted molar refractivity (Wildman–Crippen MR) is 74.9 cm³/mol. The average Bonchev–Trinajstić information content (AvgIpc) is 2.97. The number of methoxy groups -OCH3 is 1. The molecule has 0 radical (unpaired) electrons. The van der Waals surface area contributed by atoms with E-state index >= 15 is 0 Å². The van der Waals surface area contributed by atoms with Gasteiger partial charge < -0.3 is 4.74 Å².